The highest BCUT2D eigenvalue weighted by atomic mass is 32.2. The molecule has 6 heterocycles. The average molecular weight is 750 g/mol. The van der Waals surface area contributed by atoms with Gasteiger partial charge in [0.05, 0.1) is 0 Å². The molecule has 14 rings (SSSR count). The van der Waals surface area contributed by atoms with Crippen LogP contribution in [0, 0.1) is 0 Å². The minimum Gasteiger partial charge on any atom is -0.458 e. The average Bonchev–Trinajstić information content (AvgIpc) is 3.24. The predicted molar refractivity (Wildman–Crippen MR) is 226 cm³/mol. The Labute approximate surface area is 331 Å². The Morgan fingerprint density at radius 1 is 0.321 bits per heavy atom. The van der Waals surface area contributed by atoms with E-state index >= 15 is 0 Å². The zero-order chi connectivity index (χ0) is 36.2. The van der Waals surface area contributed by atoms with Crippen molar-refractivity contribution in [2.24, 2.45) is 0 Å². The highest BCUT2D eigenvalue weighted by Gasteiger charge is 2.47. The van der Waals surface area contributed by atoms with E-state index in [1.165, 1.54) is 52.7 Å². The molecule has 4 nitrogen and oxygen atoms in total. The van der Waals surface area contributed by atoms with Crippen LogP contribution in [-0.2, 0) is 0 Å². The predicted octanol–water partition coefficient (Wildman–Crippen LogP) is 9.07. The molecule has 0 saturated carbocycles. The van der Waals surface area contributed by atoms with Gasteiger partial charge < -0.3 is 18.9 Å². The second-order valence-electron chi connectivity index (χ2n) is 15.0. The van der Waals surface area contributed by atoms with Crippen LogP contribution in [0.3, 0.4) is 0 Å². The van der Waals surface area contributed by atoms with Crippen molar-refractivity contribution >= 4 is 69.7 Å². The minimum atomic E-state index is -0.0258. The fraction of sp³-hybridized carbons (Fsp3) is 0. The molecule has 0 atom stereocenters. The summed E-state index contributed by atoms with van der Waals surface area (Å²) in [4.78, 5) is 5.23. The molecule has 0 aromatic heterocycles. The van der Waals surface area contributed by atoms with E-state index in [1.54, 1.807) is 0 Å². The normalized spacial score (nSPS) is 14.4. The van der Waals surface area contributed by atoms with Crippen molar-refractivity contribution in [1.29, 1.82) is 0 Å². The van der Waals surface area contributed by atoms with Crippen LogP contribution in [0.1, 0.15) is 0 Å². The van der Waals surface area contributed by atoms with Gasteiger partial charge >= 0.3 is 0 Å². The molecular weight excluding hydrogens is 726 g/mol. The standard InChI is InChI=1S/C48H24B2O4S2/c1-7-25(23-27(9-1)29-19-21-37-45-47(29)54-34-14-4-13-33-42(34)49(45)41-31(51-33)11-3-12-32(41)52-37)26-8-2-10-28(24-26)30-20-22-40-46-48(30)56-39-18-6-16-36-44(39)50(46)43-35(53-36)15-5-17-38(43)55-40/h1-24H. The summed E-state index contributed by atoms with van der Waals surface area (Å²) in [5, 5.41) is 0. The largest absolute Gasteiger partial charge is 0.458 e. The second-order valence-corrected chi connectivity index (χ2v) is 17.2. The van der Waals surface area contributed by atoms with Crippen molar-refractivity contribution in [3.05, 3.63) is 146 Å². The van der Waals surface area contributed by atoms with Gasteiger partial charge in [-0.2, -0.15) is 0 Å². The van der Waals surface area contributed by atoms with E-state index in [9.17, 15) is 0 Å². The lowest BCUT2D eigenvalue weighted by molar-refractivity contribution is 0.443. The zero-order valence-corrected chi connectivity index (χ0v) is 31.1. The highest BCUT2D eigenvalue weighted by Crippen LogP contribution is 2.48. The van der Waals surface area contributed by atoms with Gasteiger partial charge in [-0.15, -0.1) is 0 Å². The fourth-order valence-corrected chi connectivity index (χ4v) is 12.4. The second kappa shape index (κ2) is 10.8. The van der Waals surface area contributed by atoms with Crippen molar-refractivity contribution in [2.45, 2.75) is 19.6 Å². The van der Waals surface area contributed by atoms with Crippen LogP contribution in [0.15, 0.2) is 165 Å². The summed E-state index contributed by atoms with van der Waals surface area (Å²) in [5.41, 5.74) is 14.1. The van der Waals surface area contributed by atoms with Crippen LogP contribution < -0.4 is 51.7 Å². The molecule has 258 valence electrons. The molecule has 0 radical (unpaired) electrons. The van der Waals surface area contributed by atoms with Crippen LogP contribution >= 0.6 is 23.5 Å². The third-order valence-electron chi connectivity index (χ3n) is 12.1. The van der Waals surface area contributed by atoms with Crippen LogP contribution in [0.5, 0.6) is 46.0 Å². The third-order valence-corrected chi connectivity index (χ3v) is 14.5. The van der Waals surface area contributed by atoms with Gasteiger partial charge in [0.1, 0.15) is 46.0 Å². The Kier molecular flexibility index (Phi) is 5.77. The minimum absolute atomic E-state index is 0.0258. The molecule has 0 N–H and O–H groups in total. The molecule has 0 fully saturated rings. The summed E-state index contributed by atoms with van der Waals surface area (Å²) in [6.07, 6.45) is 0. The number of benzene rings is 8. The maximum Gasteiger partial charge on any atom is 0.270 e. The van der Waals surface area contributed by atoms with Gasteiger partial charge in [-0.1, -0.05) is 90.3 Å². The van der Waals surface area contributed by atoms with E-state index in [0.717, 1.165) is 79.1 Å². The first-order valence-electron chi connectivity index (χ1n) is 18.9. The molecule has 0 bridgehead atoms. The summed E-state index contributed by atoms with van der Waals surface area (Å²) in [5.74, 6) is 6.96. The summed E-state index contributed by atoms with van der Waals surface area (Å²) in [6.45, 7) is 0.139. The monoisotopic (exact) mass is 750 g/mol. The van der Waals surface area contributed by atoms with Crippen LogP contribution in [-0.4, -0.2) is 13.4 Å². The molecule has 8 heteroatoms. The quantitative estimate of drug-likeness (QED) is 0.168. The number of ether oxygens (including phenoxy) is 4. The van der Waals surface area contributed by atoms with Crippen LogP contribution in [0.4, 0.5) is 0 Å². The Balaban J connectivity index is 0.888. The van der Waals surface area contributed by atoms with E-state index in [4.69, 9.17) is 18.9 Å². The first-order chi connectivity index (χ1) is 27.7. The van der Waals surface area contributed by atoms with Crippen molar-refractivity contribution in [3.63, 3.8) is 0 Å². The van der Waals surface area contributed by atoms with Gasteiger partial charge in [-0.3, -0.25) is 0 Å². The lowest BCUT2D eigenvalue weighted by Gasteiger charge is -2.38. The Bertz CT molecular complexity index is 2860. The first-order valence-corrected chi connectivity index (χ1v) is 20.5. The number of hydrogen-bond donors (Lipinski definition) is 0. The van der Waals surface area contributed by atoms with E-state index in [-0.39, 0.29) is 13.4 Å². The van der Waals surface area contributed by atoms with Crippen LogP contribution in [0.25, 0.3) is 33.4 Å². The Morgan fingerprint density at radius 3 is 1.41 bits per heavy atom. The van der Waals surface area contributed by atoms with Gasteiger partial charge in [0.2, 0.25) is 0 Å². The molecule has 0 amide bonds. The third kappa shape index (κ3) is 3.90. The topological polar surface area (TPSA) is 36.9 Å². The van der Waals surface area contributed by atoms with Gasteiger partial charge in [0, 0.05) is 41.5 Å². The molecule has 6 aliphatic heterocycles. The molecule has 8 aromatic carbocycles. The molecule has 8 aromatic rings. The van der Waals surface area contributed by atoms with Gasteiger partial charge in [0.15, 0.2) is 0 Å². The summed E-state index contributed by atoms with van der Waals surface area (Å²) < 4.78 is 26.3. The number of rotatable bonds is 3. The van der Waals surface area contributed by atoms with E-state index < -0.39 is 0 Å². The summed E-state index contributed by atoms with van der Waals surface area (Å²) >= 11 is 3.75. The molecule has 0 saturated heterocycles. The smallest absolute Gasteiger partial charge is 0.270 e. The van der Waals surface area contributed by atoms with Crippen molar-refractivity contribution in [2.75, 3.05) is 0 Å². The Morgan fingerprint density at radius 2 is 0.768 bits per heavy atom. The van der Waals surface area contributed by atoms with Gasteiger partial charge in [-0.05, 0) is 123 Å². The van der Waals surface area contributed by atoms with Gasteiger partial charge in [0.25, 0.3) is 13.4 Å². The molecular formula is C48H24B2O4S2. The van der Waals surface area contributed by atoms with E-state index in [2.05, 4.69) is 115 Å². The molecule has 0 aliphatic carbocycles. The fourth-order valence-electron chi connectivity index (χ4n) is 9.80. The first kappa shape index (κ1) is 30.1. The lowest BCUT2D eigenvalue weighted by Crippen LogP contribution is -2.60. The van der Waals surface area contributed by atoms with Crippen molar-refractivity contribution in [3.8, 4) is 79.4 Å². The lowest BCUT2D eigenvalue weighted by atomic mass is 9.33. The van der Waals surface area contributed by atoms with E-state index in [1.807, 2.05) is 53.9 Å². The zero-order valence-electron chi connectivity index (χ0n) is 29.5. The van der Waals surface area contributed by atoms with Gasteiger partial charge in [-0.25, -0.2) is 0 Å². The summed E-state index contributed by atoms with van der Waals surface area (Å²) in [7, 11) is 0. The maximum atomic E-state index is 6.83. The Hall–Kier alpha value is -6.21. The SMILES string of the molecule is c1cc(-c2cccc(-c3ccc4c5c3Sc3cccc6c3B5c3c(cccc3S4)O6)c2)cc(-c2ccc3c4c2Oc2cccc5c2B4c2c(cccc2O3)O5)c1. The molecule has 0 unspecified atom stereocenters. The molecule has 56 heavy (non-hydrogen) atoms. The van der Waals surface area contributed by atoms with Crippen molar-refractivity contribution < 1.29 is 18.9 Å². The maximum absolute atomic E-state index is 6.83. The van der Waals surface area contributed by atoms with E-state index in [0.29, 0.717) is 0 Å². The summed E-state index contributed by atoms with van der Waals surface area (Å²) in [6, 6.07) is 51.9. The highest BCUT2D eigenvalue weighted by molar-refractivity contribution is 8.01. The number of hydrogen-bond acceptors (Lipinski definition) is 6. The van der Waals surface area contributed by atoms with Crippen LogP contribution in [0.2, 0.25) is 0 Å². The molecule has 0 spiro atoms. The van der Waals surface area contributed by atoms with Crippen molar-refractivity contribution in [1.82, 2.24) is 0 Å². The molecule has 6 aliphatic rings.